The van der Waals surface area contributed by atoms with Gasteiger partial charge in [0.2, 0.25) is 11.8 Å². The molecule has 2 aromatic rings. The third-order valence-electron chi connectivity index (χ3n) is 6.06. The van der Waals surface area contributed by atoms with E-state index in [9.17, 15) is 18.3 Å². The lowest BCUT2D eigenvalue weighted by Gasteiger charge is -2.20. The number of allylic oxidation sites excluding steroid dienone is 1. The predicted molar refractivity (Wildman–Crippen MR) is 135 cm³/mol. The molecule has 1 aliphatic carbocycles. The van der Waals surface area contributed by atoms with Gasteiger partial charge in [0.05, 0.1) is 12.3 Å². The highest BCUT2D eigenvalue weighted by Gasteiger charge is 2.30. The van der Waals surface area contributed by atoms with Crippen LogP contribution >= 0.6 is 12.4 Å². The fourth-order valence-electron chi connectivity index (χ4n) is 4.48. The van der Waals surface area contributed by atoms with Crippen LogP contribution in [0.4, 0.5) is 13.2 Å². The maximum atomic E-state index is 12.8. The lowest BCUT2D eigenvalue weighted by Crippen LogP contribution is -2.37. The molecule has 0 aromatic carbocycles. The van der Waals surface area contributed by atoms with Crippen LogP contribution in [0.25, 0.3) is 16.5 Å². The summed E-state index contributed by atoms with van der Waals surface area (Å²) in [7, 11) is 0. The third kappa shape index (κ3) is 6.70. The summed E-state index contributed by atoms with van der Waals surface area (Å²) < 4.78 is 50.2. The van der Waals surface area contributed by atoms with Crippen molar-refractivity contribution in [3.8, 4) is 5.88 Å². The van der Waals surface area contributed by atoms with Crippen LogP contribution in [0.1, 0.15) is 51.0 Å². The van der Waals surface area contributed by atoms with E-state index in [-0.39, 0.29) is 36.9 Å². The molecular formula is C24H31ClF3N5O3. The molecule has 2 aromatic heterocycles. The molecule has 0 amide bonds. The van der Waals surface area contributed by atoms with E-state index in [1.807, 2.05) is 19.9 Å². The predicted octanol–water partition coefficient (Wildman–Crippen LogP) is 4.75. The summed E-state index contributed by atoms with van der Waals surface area (Å²) in [6, 6.07) is 3.72. The summed E-state index contributed by atoms with van der Waals surface area (Å²) >= 11 is 0. The van der Waals surface area contributed by atoms with Crippen molar-refractivity contribution in [2.45, 2.75) is 58.7 Å². The van der Waals surface area contributed by atoms with E-state index in [4.69, 9.17) is 9.15 Å². The second-order valence-electron chi connectivity index (χ2n) is 8.97. The number of fused-ring (bicyclic) bond motifs is 1. The van der Waals surface area contributed by atoms with Gasteiger partial charge in [0.1, 0.15) is 18.1 Å². The van der Waals surface area contributed by atoms with Crippen molar-refractivity contribution in [2.24, 2.45) is 15.9 Å². The maximum absolute atomic E-state index is 12.8. The van der Waals surface area contributed by atoms with E-state index in [0.717, 1.165) is 30.2 Å². The first kappa shape index (κ1) is 27.8. The quantitative estimate of drug-likeness (QED) is 0.478. The molecule has 198 valence electrons. The zero-order chi connectivity index (χ0) is 25.2. The minimum atomic E-state index is -4.44. The highest BCUT2D eigenvalue weighted by atomic mass is 35.5. The van der Waals surface area contributed by atoms with Gasteiger partial charge in [-0.05, 0) is 52.0 Å². The number of aryl methyl sites for hydroxylation is 1. The number of aliphatic hydroxyl groups excluding tert-OH is 1. The second-order valence-corrected chi connectivity index (χ2v) is 8.97. The molecule has 8 nitrogen and oxygen atoms in total. The van der Waals surface area contributed by atoms with Crippen LogP contribution in [0, 0.1) is 12.8 Å². The zero-order valence-electron chi connectivity index (χ0n) is 20.4. The van der Waals surface area contributed by atoms with Gasteiger partial charge < -0.3 is 24.9 Å². The van der Waals surface area contributed by atoms with E-state index < -0.39 is 12.7 Å². The molecule has 0 bridgehead atoms. The van der Waals surface area contributed by atoms with Crippen LogP contribution < -0.4 is 15.4 Å². The molecule has 36 heavy (non-hydrogen) atoms. The van der Waals surface area contributed by atoms with E-state index in [1.54, 1.807) is 13.0 Å². The topological polar surface area (TPSA) is 104 Å². The number of aliphatic hydroxyl groups is 1. The SMILES string of the molecule is CCOc1cc2cc(C3=C(NC4CCC(CO)C4)NC(=NCC(F)(F)F)N=C(C)C3)oc2c(C)n1.Cl. The highest BCUT2D eigenvalue weighted by Crippen LogP contribution is 2.33. The number of aromatic nitrogens is 1. The molecule has 1 aliphatic heterocycles. The van der Waals surface area contributed by atoms with Crippen molar-refractivity contribution in [1.82, 2.24) is 15.6 Å². The fourth-order valence-corrected chi connectivity index (χ4v) is 4.48. The first-order chi connectivity index (χ1) is 16.6. The Morgan fingerprint density at radius 2 is 2.06 bits per heavy atom. The zero-order valence-corrected chi connectivity index (χ0v) is 21.2. The molecule has 1 fully saturated rings. The molecule has 0 saturated heterocycles. The fraction of sp³-hybridized carbons (Fsp3) is 0.542. The molecule has 0 radical (unpaired) electrons. The number of ether oxygens (including phenoxy) is 1. The Kier molecular flexibility index (Phi) is 8.89. The highest BCUT2D eigenvalue weighted by molar-refractivity contribution is 6.04. The van der Waals surface area contributed by atoms with Crippen molar-refractivity contribution in [3.05, 3.63) is 29.4 Å². The van der Waals surface area contributed by atoms with Gasteiger partial charge in [-0.3, -0.25) is 0 Å². The molecule has 2 aliphatic rings. The summed E-state index contributed by atoms with van der Waals surface area (Å²) in [4.78, 5) is 12.4. The molecule has 2 unspecified atom stereocenters. The van der Waals surface area contributed by atoms with Crippen LogP contribution in [0.15, 0.2) is 32.4 Å². The first-order valence-corrected chi connectivity index (χ1v) is 11.7. The van der Waals surface area contributed by atoms with E-state index in [1.165, 1.54) is 0 Å². The molecule has 3 heterocycles. The largest absolute Gasteiger partial charge is 0.478 e. The number of nitrogens with one attached hydrogen (secondary N) is 2. The molecule has 1 saturated carbocycles. The molecule has 4 rings (SSSR count). The summed E-state index contributed by atoms with van der Waals surface area (Å²) in [5.41, 5.74) is 2.61. The number of nitrogens with zero attached hydrogens (tertiary/aromatic N) is 3. The van der Waals surface area contributed by atoms with Crippen LogP contribution in [-0.4, -0.2) is 53.7 Å². The van der Waals surface area contributed by atoms with Gasteiger partial charge in [-0.25, -0.2) is 15.0 Å². The Bertz CT molecular complexity index is 1180. The maximum Gasteiger partial charge on any atom is 0.408 e. The summed E-state index contributed by atoms with van der Waals surface area (Å²) in [6.07, 6.45) is -1.63. The summed E-state index contributed by atoms with van der Waals surface area (Å²) in [5, 5.41) is 16.8. The lowest BCUT2D eigenvalue weighted by molar-refractivity contribution is -0.118. The van der Waals surface area contributed by atoms with E-state index in [0.29, 0.717) is 47.5 Å². The van der Waals surface area contributed by atoms with Crippen molar-refractivity contribution in [1.29, 1.82) is 0 Å². The summed E-state index contributed by atoms with van der Waals surface area (Å²) in [5.74, 6) is 1.63. The van der Waals surface area contributed by atoms with Gasteiger partial charge in [-0.1, -0.05) is 0 Å². The third-order valence-corrected chi connectivity index (χ3v) is 6.06. The minimum Gasteiger partial charge on any atom is -0.478 e. The number of halogens is 4. The van der Waals surface area contributed by atoms with Gasteiger partial charge in [0.25, 0.3) is 0 Å². The number of rotatable bonds is 7. The van der Waals surface area contributed by atoms with Crippen molar-refractivity contribution in [3.63, 3.8) is 0 Å². The molecule has 3 N–H and O–H groups in total. The number of hydrogen-bond acceptors (Lipinski definition) is 6. The Morgan fingerprint density at radius 1 is 1.28 bits per heavy atom. The number of hydrogen-bond donors (Lipinski definition) is 3. The van der Waals surface area contributed by atoms with Gasteiger partial charge in [-0.15, -0.1) is 12.4 Å². The van der Waals surface area contributed by atoms with Gasteiger partial charge in [0, 0.05) is 41.8 Å². The van der Waals surface area contributed by atoms with Crippen LogP contribution in [0.5, 0.6) is 5.88 Å². The Morgan fingerprint density at radius 3 is 2.72 bits per heavy atom. The van der Waals surface area contributed by atoms with Gasteiger partial charge in [0.15, 0.2) is 5.58 Å². The second kappa shape index (κ2) is 11.5. The van der Waals surface area contributed by atoms with Crippen LogP contribution in [-0.2, 0) is 0 Å². The number of aliphatic imine (C=N–C) groups is 2. The monoisotopic (exact) mass is 529 g/mol. The number of furan rings is 1. The minimum absolute atomic E-state index is 0. The van der Waals surface area contributed by atoms with Crippen LogP contribution in [0.2, 0.25) is 0 Å². The summed E-state index contributed by atoms with van der Waals surface area (Å²) in [6.45, 7) is 4.72. The average Bonchev–Trinajstić information content (AvgIpc) is 3.38. The van der Waals surface area contributed by atoms with Crippen molar-refractivity contribution < 1.29 is 27.4 Å². The molecule has 12 heteroatoms. The van der Waals surface area contributed by atoms with Crippen molar-refractivity contribution >= 4 is 40.6 Å². The standard InChI is InChI=1S/C24H30F3N5O3.ClH/c1-4-34-20-10-16-9-19(35-21(16)14(3)30-20)18-7-13(2)29-23(28-12-24(25,26)27)32-22(18)31-17-6-5-15(8-17)11-33;/h9-10,15,17,31,33H,4-8,11-12H2,1-3H3,(H,28,32);1H. The number of alkyl halides is 3. The van der Waals surface area contributed by atoms with E-state index >= 15 is 0 Å². The molecular weight excluding hydrogens is 499 g/mol. The molecule has 2 atom stereocenters. The Balaban J connectivity index is 0.00000361. The van der Waals surface area contributed by atoms with Crippen LogP contribution in [0.3, 0.4) is 0 Å². The van der Waals surface area contributed by atoms with Gasteiger partial charge in [-0.2, -0.15) is 13.2 Å². The lowest BCUT2D eigenvalue weighted by atomic mass is 10.1. The Labute approximate surface area is 213 Å². The smallest absolute Gasteiger partial charge is 0.408 e. The van der Waals surface area contributed by atoms with Crippen molar-refractivity contribution in [2.75, 3.05) is 19.8 Å². The Hall–Kier alpha value is -2.79. The van der Waals surface area contributed by atoms with Gasteiger partial charge >= 0.3 is 6.18 Å². The average molecular weight is 530 g/mol. The first-order valence-electron chi connectivity index (χ1n) is 11.7. The normalized spacial score (nSPS) is 21.8. The number of pyridine rings is 1. The molecule has 0 spiro atoms. The van der Waals surface area contributed by atoms with E-state index in [2.05, 4.69) is 25.6 Å². The number of guanidine groups is 1.